The number of amides is 1. The summed E-state index contributed by atoms with van der Waals surface area (Å²) in [4.78, 5) is 29.5. The summed E-state index contributed by atoms with van der Waals surface area (Å²) in [6.45, 7) is 10.7. The fourth-order valence-electron chi connectivity index (χ4n) is 2.98. The number of esters is 1. The molecule has 1 aromatic rings. The maximum absolute atomic E-state index is 12.8. The number of aromatic nitrogens is 1. The van der Waals surface area contributed by atoms with Gasteiger partial charge in [-0.3, -0.25) is 4.79 Å². The minimum atomic E-state index is -0.425. The number of aryl methyl sites for hydroxylation is 1. The van der Waals surface area contributed by atoms with Gasteiger partial charge in [0.25, 0.3) is 5.91 Å². The number of nitrogens with zero attached hydrogens (tertiary/aromatic N) is 1. The van der Waals surface area contributed by atoms with Crippen LogP contribution in [-0.2, 0) is 9.47 Å². The van der Waals surface area contributed by atoms with E-state index in [1.54, 1.807) is 25.7 Å². The highest BCUT2D eigenvalue weighted by Gasteiger charge is 2.30. The van der Waals surface area contributed by atoms with Crippen LogP contribution in [0.3, 0.4) is 0 Å². The molecule has 1 saturated heterocycles. The van der Waals surface area contributed by atoms with Crippen molar-refractivity contribution in [2.24, 2.45) is 0 Å². The van der Waals surface area contributed by atoms with Crippen LogP contribution in [0.5, 0.6) is 0 Å². The summed E-state index contributed by atoms with van der Waals surface area (Å²) in [5, 5.41) is 0. The summed E-state index contributed by atoms with van der Waals surface area (Å²) in [7, 11) is 0. The zero-order valence-corrected chi connectivity index (χ0v) is 13.9. The van der Waals surface area contributed by atoms with Crippen LogP contribution in [0.4, 0.5) is 0 Å². The largest absolute Gasteiger partial charge is 0.461 e. The Morgan fingerprint density at radius 2 is 1.86 bits per heavy atom. The normalized spacial score (nSPS) is 21.8. The van der Waals surface area contributed by atoms with E-state index in [1.165, 1.54) is 0 Å². The predicted molar refractivity (Wildman–Crippen MR) is 82.1 cm³/mol. The van der Waals surface area contributed by atoms with Crippen molar-refractivity contribution in [3.63, 3.8) is 0 Å². The van der Waals surface area contributed by atoms with Crippen LogP contribution in [0.25, 0.3) is 0 Å². The maximum Gasteiger partial charge on any atom is 0.355 e. The van der Waals surface area contributed by atoms with Crippen molar-refractivity contribution in [3.8, 4) is 0 Å². The van der Waals surface area contributed by atoms with Crippen LogP contribution in [0, 0.1) is 13.8 Å². The topological polar surface area (TPSA) is 71.6 Å². The van der Waals surface area contributed by atoms with Gasteiger partial charge in [-0.15, -0.1) is 0 Å². The van der Waals surface area contributed by atoms with E-state index in [0.29, 0.717) is 42.2 Å². The van der Waals surface area contributed by atoms with E-state index in [4.69, 9.17) is 9.47 Å². The summed E-state index contributed by atoms with van der Waals surface area (Å²) in [5.74, 6) is -0.491. The van der Waals surface area contributed by atoms with E-state index in [1.807, 2.05) is 13.8 Å². The molecule has 6 nitrogen and oxygen atoms in total. The number of aromatic amines is 1. The van der Waals surface area contributed by atoms with Gasteiger partial charge in [-0.25, -0.2) is 4.79 Å². The third-order valence-corrected chi connectivity index (χ3v) is 3.84. The first-order valence-corrected chi connectivity index (χ1v) is 7.66. The van der Waals surface area contributed by atoms with Crippen LogP contribution in [0.15, 0.2) is 0 Å². The molecule has 2 atom stereocenters. The average Bonchev–Trinajstić information content (AvgIpc) is 2.72. The number of H-pyrrole nitrogens is 1. The smallest absolute Gasteiger partial charge is 0.355 e. The molecule has 6 heteroatoms. The van der Waals surface area contributed by atoms with Crippen molar-refractivity contribution in [2.75, 3.05) is 19.7 Å². The van der Waals surface area contributed by atoms with E-state index >= 15 is 0 Å². The lowest BCUT2D eigenvalue weighted by Crippen LogP contribution is -2.48. The van der Waals surface area contributed by atoms with Gasteiger partial charge >= 0.3 is 5.97 Å². The predicted octanol–water partition coefficient (Wildman–Crippen LogP) is 2.06. The van der Waals surface area contributed by atoms with Crippen LogP contribution in [-0.4, -0.2) is 53.7 Å². The molecule has 1 fully saturated rings. The van der Waals surface area contributed by atoms with Crippen molar-refractivity contribution in [1.29, 1.82) is 0 Å². The Labute approximate surface area is 130 Å². The molecular weight excluding hydrogens is 284 g/mol. The Morgan fingerprint density at radius 3 is 2.41 bits per heavy atom. The summed E-state index contributed by atoms with van der Waals surface area (Å²) in [6.07, 6.45) is 0.0218. The van der Waals surface area contributed by atoms with Gasteiger partial charge in [0, 0.05) is 18.8 Å². The number of morpholine rings is 1. The average molecular weight is 308 g/mol. The lowest BCUT2D eigenvalue weighted by Gasteiger charge is -2.35. The van der Waals surface area contributed by atoms with E-state index in [9.17, 15) is 9.59 Å². The van der Waals surface area contributed by atoms with Gasteiger partial charge in [0.2, 0.25) is 0 Å². The van der Waals surface area contributed by atoms with Gasteiger partial charge in [0.1, 0.15) is 5.69 Å². The molecule has 0 aliphatic carbocycles. The van der Waals surface area contributed by atoms with Crippen molar-refractivity contribution in [1.82, 2.24) is 9.88 Å². The van der Waals surface area contributed by atoms with Gasteiger partial charge in [0.05, 0.1) is 24.4 Å². The number of carbonyl (C=O) groups excluding carboxylic acids is 2. The van der Waals surface area contributed by atoms with Crippen LogP contribution in [0.1, 0.15) is 52.9 Å². The lowest BCUT2D eigenvalue weighted by molar-refractivity contribution is -0.0586. The van der Waals surface area contributed by atoms with E-state index in [2.05, 4.69) is 4.98 Å². The first-order valence-electron chi connectivity index (χ1n) is 7.66. The minimum Gasteiger partial charge on any atom is -0.461 e. The van der Waals surface area contributed by atoms with Gasteiger partial charge < -0.3 is 19.4 Å². The second-order valence-electron chi connectivity index (χ2n) is 5.81. The third kappa shape index (κ3) is 3.16. The van der Waals surface area contributed by atoms with Crippen molar-refractivity contribution in [2.45, 2.75) is 46.8 Å². The number of ether oxygens (including phenoxy) is 2. The van der Waals surface area contributed by atoms with E-state index in [-0.39, 0.29) is 18.1 Å². The Morgan fingerprint density at radius 1 is 1.27 bits per heavy atom. The molecule has 1 aliphatic heterocycles. The maximum atomic E-state index is 12.8. The highest BCUT2D eigenvalue weighted by molar-refractivity contribution is 6.01. The van der Waals surface area contributed by atoms with Gasteiger partial charge in [-0.2, -0.15) is 0 Å². The monoisotopic (exact) mass is 308 g/mol. The summed E-state index contributed by atoms with van der Waals surface area (Å²) in [6, 6.07) is 0. The summed E-state index contributed by atoms with van der Waals surface area (Å²) >= 11 is 0. The zero-order chi connectivity index (χ0) is 16.4. The van der Waals surface area contributed by atoms with Crippen LogP contribution >= 0.6 is 0 Å². The van der Waals surface area contributed by atoms with E-state index < -0.39 is 5.97 Å². The molecule has 0 aromatic carbocycles. The third-order valence-electron chi connectivity index (χ3n) is 3.84. The quantitative estimate of drug-likeness (QED) is 0.868. The Kier molecular flexibility index (Phi) is 4.90. The summed E-state index contributed by atoms with van der Waals surface area (Å²) < 4.78 is 10.7. The van der Waals surface area contributed by atoms with Gasteiger partial charge in [0.15, 0.2) is 0 Å². The van der Waals surface area contributed by atoms with Crippen molar-refractivity contribution in [3.05, 3.63) is 22.5 Å². The number of hydrogen-bond donors (Lipinski definition) is 1. The number of rotatable bonds is 3. The molecule has 0 bridgehead atoms. The van der Waals surface area contributed by atoms with Gasteiger partial charge in [-0.1, -0.05) is 0 Å². The Hall–Kier alpha value is -1.82. The molecule has 2 heterocycles. The molecule has 0 saturated carbocycles. The fourth-order valence-corrected chi connectivity index (χ4v) is 2.98. The molecule has 0 unspecified atom stereocenters. The molecule has 1 amide bonds. The molecular formula is C16H24N2O4. The number of nitrogens with one attached hydrogen (secondary N) is 1. The highest BCUT2D eigenvalue weighted by atomic mass is 16.5. The second kappa shape index (κ2) is 6.52. The molecule has 22 heavy (non-hydrogen) atoms. The molecule has 1 N–H and O–H groups in total. The Bertz CT molecular complexity index is 569. The van der Waals surface area contributed by atoms with Crippen LogP contribution in [0.2, 0.25) is 0 Å². The highest BCUT2D eigenvalue weighted by Crippen LogP contribution is 2.22. The van der Waals surface area contributed by atoms with Crippen LogP contribution < -0.4 is 0 Å². The molecule has 0 spiro atoms. The first kappa shape index (κ1) is 16.5. The van der Waals surface area contributed by atoms with Crippen molar-refractivity contribution >= 4 is 11.9 Å². The van der Waals surface area contributed by atoms with E-state index in [0.717, 1.165) is 0 Å². The zero-order valence-electron chi connectivity index (χ0n) is 13.9. The Balaban J connectivity index is 2.28. The lowest BCUT2D eigenvalue weighted by atomic mass is 10.1. The van der Waals surface area contributed by atoms with Gasteiger partial charge in [-0.05, 0) is 40.2 Å². The molecule has 1 aliphatic rings. The molecule has 122 valence electrons. The fraction of sp³-hybridized carbons (Fsp3) is 0.625. The molecule has 2 rings (SSSR count). The number of hydrogen-bond acceptors (Lipinski definition) is 4. The second-order valence-corrected chi connectivity index (χ2v) is 5.81. The van der Waals surface area contributed by atoms with Crippen molar-refractivity contribution < 1.29 is 19.1 Å². The first-order chi connectivity index (χ1) is 10.3. The standard InChI is InChI=1S/C16H24N2O4/c1-6-21-16(20)14-11(4)13(12(5)17-14)15(19)18-7-9(2)22-10(3)8-18/h9-10,17H,6-8H2,1-5H3/t9-,10+. The SMILES string of the molecule is CCOC(=O)c1[nH]c(C)c(C(=O)N2C[C@@H](C)O[C@@H](C)C2)c1C. The summed E-state index contributed by atoms with van der Waals surface area (Å²) in [5.41, 5.74) is 2.26. The minimum absolute atomic E-state index is 0.0109. The number of carbonyl (C=O) groups is 2. The molecule has 0 radical (unpaired) electrons. The molecule has 1 aromatic heterocycles.